The van der Waals surface area contributed by atoms with Gasteiger partial charge >= 0.3 is 0 Å². The first-order valence-electron chi connectivity index (χ1n) is 11.0. The van der Waals surface area contributed by atoms with Crippen LogP contribution in [0.4, 0.5) is 0 Å². The van der Waals surface area contributed by atoms with Crippen molar-refractivity contribution in [2.75, 3.05) is 6.54 Å². The normalized spacial score (nSPS) is 19.9. The lowest BCUT2D eigenvalue weighted by Crippen LogP contribution is -2.55. The molecule has 2 atom stereocenters. The van der Waals surface area contributed by atoms with Gasteiger partial charge in [-0.2, -0.15) is 0 Å². The average molecular weight is 441 g/mol. The highest BCUT2D eigenvalue weighted by molar-refractivity contribution is 7.12. The van der Waals surface area contributed by atoms with Gasteiger partial charge in [0, 0.05) is 31.4 Å². The highest BCUT2D eigenvalue weighted by Gasteiger charge is 2.38. The summed E-state index contributed by atoms with van der Waals surface area (Å²) in [7, 11) is 0. The van der Waals surface area contributed by atoms with Crippen molar-refractivity contribution < 1.29 is 14.4 Å². The third-order valence-electron chi connectivity index (χ3n) is 6.05. The molecule has 1 aliphatic carbocycles. The van der Waals surface area contributed by atoms with Gasteiger partial charge in [0.15, 0.2) is 0 Å². The number of carbonyl (C=O) groups excluding carboxylic acids is 3. The number of aromatic nitrogens is 1. The minimum absolute atomic E-state index is 0.0672. The molecule has 1 saturated carbocycles. The fourth-order valence-electron chi connectivity index (χ4n) is 4.46. The van der Waals surface area contributed by atoms with Gasteiger partial charge in [0.2, 0.25) is 11.8 Å². The van der Waals surface area contributed by atoms with Crippen LogP contribution in [0.15, 0.2) is 42.0 Å². The summed E-state index contributed by atoms with van der Waals surface area (Å²) >= 11 is 1.33. The summed E-state index contributed by atoms with van der Waals surface area (Å²) in [6, 6.07) is 6.24. The van der Waals surface area contributed by atoms with E-state index in [0.717, 1.165) is 37.7 Å². The molecule has 0 spiro atoms. The maximum absolute atomic E-state index is 13.5. The monoisotopic (exact) mass is 440 g/mol. The Bertz CT molecular complexity index is 897. The first-order chi connectivity index (χ1) is 15.1. The fourth-order valence-corrected chi connectivity index (χ4v) is 5.09. The standard InChI is InChI=1S/C23H28N4O3S/c28-21(25-17-7-1-2-8-17)19-9-4-12-27(19)23(30)18(14-16-6-3-11-24-15-16)26-22(29)20-10-5-13-31-20/h3,5-6,10-11,13,15,17-19H,1-2,4,7-9,12,14H2,(H,25,28)(H,26,29)/t18-,19-/m0/s1. The molecule has 2 aromatic heterocycles. The van der Waals surface area contributed by atoms with Crippen molar-refractivity contribution in [2.45, 2.75) is 63.1 Å². The molecule has 2 N–H and O–H groups in total. The molecular weight excluding hydrogens is 412 g/mol. The van der Waals surface area contributed by atoms with E-state index >= 15 is 0 Å². The minimum Gasteiger partial charge on any atom is -0.352 e. The predicted molar refractivity (Wildman–Crippen MR) is 119 cm³/mol. The van der Waals surface area contributed by atoms with Crippen LogP contribution in [0.3, 0.4) is 0 Å². The second kappa shape index (κ2) is 10.0. The van der Waals surface area contributed by atoms with Crippen molar-refractivity contribution in [3.8, 4) is 0 Å². The lowest BCUT2D eigenvalue weighted by atomic mass is 10.1. The number of hydrogen-bond acceptors (Lipinski definition) is 5. The maximum atomic E-state index is 13.5. The minimum atomic E-state index is -0.751. The highest BCUT2D eigenvalue weighted by Crippen LogP contribution is 2.22. The molecule has 0 aromatic carbocycles. The SMILES string of the molecule is O=C(N[C@@H](Cc1cccnc1)C(=O)N1CCC[C@H]1C(=O)NC1CCCC1)c1cccs1. The van der Waals surface area contributed by atoms with Gasteiger partial charge in [-0.1, -0.05) is 25.0 Å². The van der Waals surface area contributed by atoms with Crippen LogP contribution >= 0.6 is 11.3 Å². The Labute approximate surface area is 186 Å². The Morgan fingerprint density at radius 2 is 1.97 bits per heavy atom. The smallest absolute Gasteiger partial charge is 0.262 e. The Kier molecular flexibility index (Phi) is 6.96. The molecule has 2 aromatic rings. The Hall–Kier alpha value is -2.74. The Morgan fingerprint density at radius 3 is 2.68 bits per heavy atom. The fraction of sp³-hybridized carbons (Fsp3) is 0.478. The molecule has 0 unspecified atom stereocenters. The van der Waals surface area contributed by atoms with E-state index in [4.69, 9.17) is 0 Å². The Balaban J connectivity index is 1.49. The molecular formula is C23H28N4O3S. The van der Waals surface area contributed by atoms with E-state index in [1.165, 1.54) is 11.3 Å². The summed E-state index contributed by atoms with van der Waals surface area (Å²) in [5, 5.41) is 7.86. The molecule has 4 rings (SSSR count). The molecule has 0 radical (unpaired) electrons. The molecule has 8 heteroatoms. The largest absolute Gasteiger partial charge is 0.352 e. The second-order valence-electron chi connectivity index (χ2n) is 8.25. The van der Waals surface area contributed by atoms with E-state index in [1.54, 1.807) is 29.4 Å². The van der Waals surface area contributed by atoms with Gasteiger partial charge in [-0.05, 0) is 48.8 Å². The van der Waals surface area contributed by atoms with Gasteiger partial charge in [0.05, 0.1) is 4.88 Å². The number of carbonyl (C=O) groups is 3. The van der Waals surface area contributed by atoms with E-state index in [0.29, 0.717) is 24.3 Å². The average Bonchev–Trinajstić information content (AvgIpc) is 3.56. The lowest BCUT2D eigenvalue weighted by Gasteiger charge is -2.29. The van der Waals surface area contributed by atoms with Crippen molar-refractivity contribution in [1.82, 2.24) is 20.5 Å². The maximum Gasteiger partial charge on any atom is 0.262 e. The second-order valence-corrected chi connectivity index (χ2v) is 9.20. The first kappa shape index (κ1) is 21.5. The van der Waals surface area contributed by atoms with E-state index < -0.39 is 12.1 Å². The van der Waals surface area contributed by atoms with Crippen molar-refractivity contribution >= 4 is 29.1 Å². The van der Waals surface area contributed by atoms with Crippen LogP contribution in [0.1, 0.15) is 53.8 Å². The van der Waals surface area contributed by atoms with Crippen LogP contribution in [0.25, 0.3) is 0 Å². The Morgan fingerprint density at radius 1 is 1.13 bits per heavy atom. The number of hydrogen-bond donors (Lipinski definition) is 2. The molecule has 0 bridgehead atoms. The van der Waals surface area contributed by atoms with Crippen LogP contribution in [0.2, 0.25) is 0 Å². The van der Waals surface area contributed by atoms with Gasteiger partial charge < -0.3 is 15.5 Å². The van der Waals surface area contributed by atoms with E-state index in [9.17, 15) is 14.4 Å². The topological polar surface area (TPSA) is 91.4 Å². The van der Waals surface area contributed by atoms with Crippen LogP contribution in [0, 0.1) is 0 Å². The van der Waals surface area contributed by atoms with Crippen LogP contribution < -0.4 is 10.6 Å². The molecule has 3 amide bonds. The quantitative estimate of drug-likeness (QED) is 0.692. The molecule has 1 aliphatic heterocycles. The molecule has 164 valence electrons. The predicted octanol–water partition coefficient (Wildman–Crippen LogP) is 2.53. The van der Waals surface area contributed by atoms with Crippen molar-refractivity contribution in [3.63, 3.8) is 0 Å². The van der Waals surface area contributed by atoms with Gasteiger partial charge in [-0.3, -0.25) is 19.4 Å². The van der Waals surface area contributed by atoms with Crippen molar-refractivity contribution in [3.05, 3.63) is 52.5 Å². The number of nitrogens with zero attached hydrogens (tertiary/aromatic N) is 2. The molecule has 1 saturated heterocycles. The summed E-state index contributed by atoms with van der Waals surface area (Å²) in [5.41, 5.74) is 0.860. The number of nitrogens with one attached hydrogen (secondary N) is 2. The third-order valence-corrected chi connectivity index (χ3v) is 6.92. The van der Waals surface area contributed by atoms with E-state index in [-0.39, 0.29) is 23.8 Å². The molecule has 2 aliphatic rings. The lowest BCUT2D eigenvalue weighted by molar-refractivity contribution is -0.140. The van der Waals surface area contributed by atoms with Crippen molar-refractivity contribution in [1.29, 1.82) is 0 Å². The highest BCUT2D eigenvalue weighted by atomic mass is 32.1. The van der Waals surface area contributed by atoms with Crippen LogP contribution in [-0.4, -0.2) is 52.3 Å². The van der Waals surface area contributed by atoms with Gasteiger partial charge in [0.1, 0.15) is 12.1 Å². The van der Waals surface area contributed by atoms with Gasteiger partial charge in [0.25, 0.3) is 5.91 Å². The number of pyridine rings is 1. The summed E-state index contributed by atoms with van der Waals surface area (Å²) < 4.78 is 0. The summed E-state index contributed by atoms with van der Waals surface area (Å²) in [5.74, 6) is -0.552. The molecule has 2 fully saturated rings. The summed E-state index contributed by atoms with van der Waals surface area (Å²) in [6.45, 7) is 0.528. The van der Waals surface area contributed by atoms with Gasteiger partial charge in [-0.15, -0.1) is 11.3 Å². The van der Waals surface area contributed by atoms with E-state index in [2.05, 4.69) is 15.6 Å². The van der Waals surface area contributed by atoms with Gasteiger partial charge in [-0.25, -0.2) is 0 Å². The number of amides is 3. The summed E-state index contributed by atoms with van der Waals surface area (Å²) in [4.78, 5) is 45.5. The zero-order chi connectivity index (χ0) is 21.6. The zero-order valence-corrected chi connectivity index (χ0v) is 18.3. The van der Waals surface area contributed by atoms with Crippen molar-refractivity contribution in [2.24, 2.45) is 0 Å². The van der Waals surface area contributed by atoms with E-state index in [1.807, 2.05) is 17.5 Å². The van der Waals surface area contributed by atoms with Crippen LogP contribution in [0.5, 0.6) is 0 Å². The zero-order valence-electron chi connectivity index (χ0n) is 17.5. The molecule has 3 heterocycles. The molecule has 31 heavy (non-hydrogen) atoms. The number of rotatable bonds is 7. The number of likely N-dealkylation sites (tertiary alicyclic amines) is 1. The first-order valence-corrected chi connectivity index (χ1v) is 11.8. The van der Waals surface area contributed by atoms with Crippen LogP contribution in [-0.2, 0) is 16.0 Å². The summed E-state index contributed by atoms with van der Waals surface area (Å²) in [6.07, 6.45) is 9.44. The third kappa shape index (κ3) is 5.31. The molecule has 7 nitrogen and oxygen atoms in total. The number of thiophene rings is 1.